The van der Waals surface area contributed by atoms with E-state index in [4.69, 9.17) is 10.5 Å². The molecule has 1 atom stereocenters. The minimum Gasteiger partial charge on any atom is -0.492 e. The summed E-state index contributed by atoms with van der Waals surface area (Å²) in [5, 5.41) is 7.33. The van der Waals surface area contributed by atoms with Gasteiger partial charge in [-0.3, -0.25) is 9.48 Å². The molecule has 0 aliphatic carbocycles. The summed E-state index contributed by atoms with van der Waals surface area (Å²) in [6, 6.07) is 18.6. The lowest BCUT2D eigenvalue weighted by atomic mass is 10.1. The van der Waals surface area contributed by atoms with Crippen LogP contribution in [-0.2, 0) is 6.54 Å². The predicted octanol–water partition coefficient (Wildman–Crippen LogP) is 2.39. The molecule has 26 heavy (non-hydrogen) atoms. The molecular weight excluding hydrogens is 328 g/mol. The molecule has 1 amide bonds. The molecule has 1 heterocycles. The number of amides is 1. The number of nitrogens with two attached hydrogens (primary N) is 1. The van der Waals surface area contributed by atoms with Crippen LogP contribution in [0.4, 0.5) is 0 Å². The quantitative estimate of drug-likeness (QED) is 0.653. The lowest BCUT2D eigenvalue weighted by molar-refractivity contribution is 0.0931. The summed E-state index contributed by atoms with van der Waals surface area (Å²) in [5.74, 6) is 0.468. The Hall–Kier alpha value is -3.12. The molecule has 6 nitrogen and oxygen atoms in total. The first-order valence-electron chi connectivity index (χ1n) is 8.52. The number of carbonyl (C=O) groups is 1. The normalized spacial score (nSPS) is 11.7. The predicted molar refractivity (Wildman–Crippen MR) is 99.9 cm³/mol. The number of aromatic nitrogens is 2. The Morgan fingerprint density at radius 3 is 2.73 bits per heavy atom. The largest absolute Gasteiger partial charge is 0.492 e. The van der Waals surface area contributed by atoms with E-state index in [2.05, 4.69) is 10.4 Å². The van der Waals surface area contributed by atoms with E-state index in [0.29, 0.717) is 31.0 Å². The van der Waals surface area contributed by atoms with Crippen LogP contribution in [0.15, 0.2) is 73.1 Å². The molecular formula is C20H22N4O2. The first-order chi connectivity index (χ1) is 12.8. The highest BCUT2D eigenvalue weighted by Crippen LogP contribution is 2.18. The Balaban J connectivity index is 1.76. The van der Waals surface area contributed by atoms with E-state index in [1.54, 1.807) is 29.1 Å². The molecule has 0 bridgehead atoms. The maximum Gasteiger partial charge on any atom is 0.251 e. The number of hydrogen-bond donors (Lipinski definition) is 2. The van der Waals surface area contributed by atoms with Gasteiger partial charge in [0.2, 0.25) is 0 Å². The summed E-state index contributed by atoms with van der Waals surface area (Å²) in [4.78, 5) is 12.8. The minimum atomic E-state index is -0.197. The standard InChI is InChI=1S/C20H22N4O2/c21-10-13-26-18-9-4-8-17(14-18)20(25)23-19(15-24-12-5-11-22-24)16-6-2-1-3-7-16/h1-9,11-12,14,19H,10,13,15,21H2,(H,23,25)/t19-/m0/s1. The Morgan fingerprint density at radius 2 is 2.00 bits per heavy atom. The topological polar surface area (TPSA) is 82.2 Å². The van der Waals surface area contributed by atoms with Crippen molar-refractivity contribution in [2.45, 2.75) is 12.6 Å². The maximum absolute atomic E-state index is 12.8. The Kier molecular flexibility index (Phi) is 6.01. The number of benzene rings is 2. The smallest absolute Gasteiger partial charge is 0.251 e. The average Bonchev–Trinajstić information content (AvgIpc) is 3.20. The zero-order valence-corrected chi connectivity index (χ0v) is 14.4. The molecule has 0 spiro atoms. The summed E-state index contributed by atoms with van der Waals surface area (Å²) in [6.07, 6.45) is 3.60. The van der Waals surface area contributed by atoms with E-state index in [1.165, 1.54) is 0 Å². The summed E-state index contributed by atoms with van der Waals surface area (Å²) in [6.45, 7) is 1.39. The van der Waals surface area contributed by atoms with Crippen LogP contribution < -0.4 is 15.8 Å². The molecule has 3 N–H and O–H groups in total. The van der Waals surface area contributed by atoms with Crippen molar-refractivity contribution < 1.29 is 9.53 Å². The summed E-state index contributed by atoms with van der Waals surface area (Å²) >= 11 is 0. The molecule has 0 aliphatic heterocycles. The van der Waals surface area contributed by atoms with Gasteiger partial charge in [-0.15, -0.1) is 0 Å². The van der Waals surface area contributed by atoms with Crippen molar-refractivity contribution >= 4 is 5.91 Å². The van der Waals surface area contributed by atoms with E-state index >= 15 is 0 Å². The van der Waals surface area contributed by atoms with Gasteiger partial charge in [-0.25, -0.2) is 0 Å². The van der Waals surface area contributed by atoms with E-state index in [1.807, 2.05) is 48.7 Å². The van der Waals surface area contributed by atoms with Gasteiger partial charge in [0.15, 0.2) is 0 Å². The highest BCUT2D eigenvalue weighted by Gasteiger charge is 2.17. The first-order valence-corrected chi connectivity index (χ1v) is 8.52. The fourth-order valence-electron chi connectivity index (χ4n) is 2.66. The summed E-state index contributed by atoms with van der Waals surface area (Å²) in [5.41, 5.74) is 7.02. The summed E-state index contributed by atoms with van der Waals surface area (Å²) < 4.78 is 7.31. The van der Waals surface area contributed by atoms with E-state index in [-0.39, 0.29) is 11.9 Å². The van der Waals surface area contributed by atoms with Crippen molar-refractivity contribution in [1.29, 1.82) is 0 Å². The molecule has 0 unspecified atom stereocenters. The molecule has 2 aromatic carbocycles. The third kappa shape index (κ3) is 4.70. The van der Waals surface area contributed by atoms with Gasteiger partial charge in [0.05, 0.1) is 12.6 Å². The molecule has 6 heteroatoms. The van der Waals surface area contributed by atoms with Crippen LogP contribution >= 0.6 is 0 Å². The number of nitrogens with zero attached hydrogens (tertiary/aromatic N) is 2. The van der Waals surface area contributed by atoms with Crippen LogP contribution in [-0.4, -0.2) is 28.8 Å². The monoisotopic (exact) mass is 350 g/mol. The molecule has 1 aromatic heterocycles. The van der Waals surface area contributed by atoms with Crippen molar-refractivity contribution in [2.24, 2.45) is 5.73 Å². The number of ether oxygens (including phenoxy) is 1. The van der Waals surface area contributed by atoms with Gasteiger partial charge in [-0.05, 0) is 29.8 Å². The van der Waals surface area contributed by atoms with Crippen LogP contribution in [0.5, 0.6) is 5.75 Å². The number of hydrogen-bond acceptors (Lipinski definition) is 4. The van der Waals surface area contributed by atoms with Crippen LogP contribution in [0.2, 0.25) is 0 Å². The molecule has 0 saturated carbocycles. The van der Waals surface area contributed by atoms with Crippen molar-refractivity contribution in [1.82, 2.24) is 15.1 Å². The molecule has 134 valence electrons. The highest BCUT2D eigenvalue weighted by atomic mass is 16.5. The molecule has 3 aromatic rings. The number of rotatable bonds is 8. The molecule has 0 fully saturated rings. The molecule has 0 radical (unpaired) electrons. The van der Waals surface area contributed by atoms with Gasteiger partial charge in [0.1, 0.15) is 12.4 Å². The Morgan fingerprint density at radius 1 is 1.15 bits per heavy atom. The number of carbonyl (C=O) groups excluding carboxylic acids is 1. The fourth-order valence-corrected chi connectivity index (χ4v) is 2.66. The molecule has 3 rings (SSSR count). The average molecular weight is 350 g/mol. The van der Waals surface area contributed by atoms with Gasteiger partial charge in [-0.2, -0.15) is 5.10 Å². The highest BCUT2D eigenvalue weighted by molar-refractivity contribution is 5.94. The zero-order valence-electron chi connectivity index (χ0n) is 14.4. The van der Waals surface area contributed by atoms with E-state index in [9.17, 15) is 4.79 Å². The Labute approximate surface area is 152 Å². The fraction of sp³-hybridized carbons (Fsp3) is 0.200. The van der Waals surface area contributed by atoms with Crippen LogP contribution in [0, 0.1) is 0 Å². The van der Waals surface area contributed by atoms with Crippen molar-refractivity contribution in [3.63, 3.8) is 0 Å². The van der Waals surface area contributed by atoms with Crippen LogP contribution in [0.25, 0.3) is 0 Å². The van der Waals surface area contributed by atoms with Crippen LogP contribution in [0.1, 0.15) is 22.0 Å². The van der Waals surface area contributed by atoms with Gasteiger partial charge in [0, 0.05) is 24.5 Å². The second-order valence-electron chi connectivity index (χ2n) is 5.83. The minimum absolute atomic E-state index is 0.163. The summed E-state index contributed by atoms with van der Waals surface area (Å²) in [7, 11) is 0. The second-order valence-corrected chi connectivity index (χ2v) is 5.83. The van der Waals surface area contributed by atoms with Crippen molar-refractivity contribution in [3.05, 3.63) is 84.2 Å². The van der Waals surface area contributed by atoms with Crippen molar-refractivity contribution in [3.8, 4) is 5.75 Å². The number of nitrogens with one attached hydrogen (secondary N) is 1. The molecule has 0 saturated heterocycles. The third-order valence-corrected chi connectivity index (χ3v) is 3.92. The zero-order chi connectivity index (χ0) is 18.2. The Bertz CT molecular complexity index is 819. The van der Waals surface area contributed by atoms with Gasteiger partial charge in [-0.1, -0.05) is 36.4 Å². The first kappa shape index (κ1) is 17.7. The molecule has 0 aliphatic rings. The van der Waals surface area contributed by atoms with E-state index in [0.717, 1.165) is 5.56 Å². The van der Waals surface area contributed by atoms with Gasteiger partial charge in [0.25, 0.3) is 5.91 Å². The van der Waals surface area contributed by atoms with Crippen molar-refractivity contribution in [2.75, 3.05) is 13.2 Å². The SMILES string of the molecule is NCCOc1cccc(C(=O)N[C@@H](Cn2cccn2)c2ccccc2)c1. The maximum atomic E-state index is 12.8. The third-order valence-electron chi connectivity index (χ3n) is 3.92. The van der Waals surface area contributed by atoms with Gasteiger partial charge < -0.3 is 15.8 Å². The van der Waals surface area contributed by atoms with Gasteiger partial charge >= 0.3 is 0 Å². The van der Waals surface area contributed by atoms with E-state index < -0.39 is 0 Å². The van der Waals surface area contributed by atoms with Crippen LogP contribution in [0.3, 0.4) is 0 Å². The second kappa shape index (κ2) is 8.82. The lowest BCUT2D eigenvalue weighted by Gasteiger charge is -2.19. The lowest BCUT2D eigenvalue weighted by Crippen LogP contribution is -2.31.